The lowest BCUT2D eigenvalue weighted by Gasteiger charge is -2.31. The molecule has 0 radical (unpaired) electrons. The zero-order valence-electron chi connectivity index (χ0n) is 12.6. The van der Waals surface area contributed by atoms with Crippen molar-refractivity contribution in [1.82, 2.24) is 5.32 Å². The molecule has 1 fully saturated rings. The van der Waals surface area contributed by atoms with Gasteiger partial charge in [-0.1, -0.05) is 12.1 Å². The van der Waals surface area contributed by atoms with Crippen molar-refractivity contribution in [2.45, 2.75) is 12.2 Å². The van der Waals surface area contributed by atoms with E-state index in [9.17, 15) is 17.6 Å². The average molecular weight is 341 g/mol. The van der Waals surface area contributed by atoms with Crippen LogP contribution in [0.25, 0.3) is 0 Å². The fraction of sp³-hybridized carbons (Fsp3) is 0.294. The third-order valence-electron chi connectivity index (χ3n) is 3.68. The predicted molar refractivity (Wildman–Crippen MR) is 78.7 cm³/mol. The second-order valence-corrected chi connectivity index (χ2v) is 5.41. The topological polar surface area (TPSA) is 30.5 Å². The molecule has 0 aromatic heterocycles. The van der Waals surface area contributed by atoms with Gasteiger partial charge in [-0.05, 0) is 17.7 Å². The second kappa shape index (κ2) is 7.19. The first-order chi connectivity index (χ1) is 11.5. The van der Waals surface area contributed by atoms with Crippen LogP contribution in [-0.4, -0.2) is 25.8 Å². The lowest BCUT2D eigenvalue weighted by atomic mass is 10.0. The van der Waals surface area contributed by atoms with Crippen LogP contribution >= 0.6 is 0 Å². The Bertz CT molecular complexity index is 696. The summed E-state index contributed by atoms with van der Waals surface area (Å²) in [5.41, 5.74) is 0.367. The second-order valence-electron chi connectivity index (χ2n) is 5.41. The molecule has 0 aliphatic carbocycles. The molecular formula is C17H15F4NO2. The molecule has 0 bridgehead atoms. The summed E-state index contributed by atoms with van der Waals surface area (Å²) in [4.78, 5) is 0. The fourth-order valence-electron chi connectivity index (χ4n) is 2.59. The fourth-order valence-corrected chi connectivity index (χ4v) is 2.59. The van der Waals surface area contributed by atoms with E-state index in [0.29, 0.717) is 37.4 Å². The van der Waals surface area contributed by atoms with Crippen LogP contribution in [0.1, 0.15) is 11.7 Å². The van der Waals surface area contributed by atoms with E-state index in [1.807, 2.05) is 0 Å². The van der Waals surface area contributed by atoms with Crippen LogP contribution in [-0.2, 0) is 4.74 Å². The molecule has 1 aliphatic heterocycles. The van der Waals surface area contributed by atoms with Gasteiger partial charge in [-0.3, -0.25) is 0 Å². The first kappa shape index (κ1) is 16.7. The third-order valence-corrected chi connectivity index (χ3v) is 3.68. The summed E-state index contributed by atoms with van der Waals surface area (Å²) >= 11 is 0. The van der Waals surface area contributed by atoms with Crippen molar-refractivity contribution in [2.24, 2.45) is 0 Å². The quantitative estimate of drug-likeness (QED) is 0.865. The SMILES string of the molecule is Fc1cccc(C(Oc2c(F)cc(F)cc2F)[C@@H]2CNCCO2)c1. The maximum Gasteiger partial charge on any atom is 0.191 e. The minimum absolute atomic E-state index is 0.367. The highest BCUT2D eigenvalue weighted by atomic mass is 19.1. The largest absolute Gasteiger partial charge is 0.477 e. The van der Waals surface area contributed by atoms with Gasteiger partial charge in [-0.15, -0.1) is 0 Å². The molecule has 2 atom stereocenters. The Morgan fingerprint density at radius 3 is 2.42 bits per heavy atom. The molecule has 1 saturated heterocycles. The lowest BCUT2D eigenvalue weighted by Crippen LogP contribution is -2.43. The van der Waals surface area contributed by atoms with Crippen LogP contribution in [0, 0.1) is 23.3 Å². The van der Waals surface area contributed by atoms with E-state index in [0.717, 1.165) is 0 Å². The summed E-state index contributed by atoms with van der Waals surface area (Å²) in [6.45, 7) is 1.38. The van der Waals surface area contributed by atoms with Gasteiger partial charge in [0.15, 0.2) is 23.5 Å². The number of benzene rings is 2. The van der Waals surface area contributed by atoms with E-state index in [4.69, 9.17) is 9.47 Å². The minimum Gasteiger partial charge on any atom is -0.477 e. The first-order valence-electron chi connectivity index (χ1n) is 7.43. The molecule has 0 spiro atoms. The summed E-state index contributed by atoms with van der Waals surface area (Å²) in [5, 5.41) is 3.08. The summed E-state index contributed by atoms with van der Waals surface area (Å²) < 4.78 is 65.4. The molecule has 24 heavy (non-hydrogen) atoms. The molecule has 0 saturated carbocycles. The molecule has 2 aromatic rings. The van der Waals surface area contributed by atoms with Crippen molar-refractivity contribution < 1.29 is 27.0 Å². The molecular weight excluding hydrogens is 326 g/mol. The molecule has 1 unspecified atom stereocenters. The van der Waals surface area contributed by atoms with E-state index in [-0.39, 0.29) is 0 Å². The van der Waals surface area contributed by atoms with E-state index in [1.54, 1.807) is 6.07 Å². The van der Waals surface area contributed by atoms with Crippen LogP contribution in [0.5, 0.6) is 5.75 Å². The van der Waals surface area contributed by atoms with Gasteiger partial charge in [0.25, 0.3) is 0 Å². The number of hydrogen-bond donors (Lipinski definition) is 1. The van der Waals surface area contributed by atoms with Crippen molar-refractivity contribution in [3.05, 3.63) is 65.2 Å². The van der Waals surface area contributed by atoms with Crippen LogP contribution in [0.3, 0.4) is 0 Å². The third kappa shape index (κ3) is 3.68. The van der Waals surface area contributed by atoms with Gasteiger partial charge in [-0.2, -0.15) is 0 Å². The highest BCUT2D eigenvalue weighted by molar-refractivity contribution is 5.29. The smallest absolute Gasteiger partial charge is 0.191 e. The predicted octanol–water partition coefficient (Wildman–Crippen LogP) is 3.35. The molecule has 3 nitrogen and oxygen atoms in total. The highest BCUT2D eigenvalue weighted by Gasteiger charge is 2.30. The van der Waals surface area contributed by atoms with E-state index < -0.39 is 41.2 Å². The number of nitrogens with one attached hydrogen (secondary N) is 1. The number of ether oxygens (including phenoxy) is 2. The molecule has 1 heterocycles. The Hall–Kier alpha value is -2.12. The van der Waals surface area contributed by atoms with Crippen molar-refractivity contribution >= 4 is 0 Å². The molecule has 1 aliphatic rings. The molecule has 1 N–H and O–H groups in total. The van der Waals surface area contributed by atoms with Gasteiger partial charge in [0.05, 0.1) is 6.61 Å². The zero-order valence-corrected chi connectivity index (χ0v) is 12.6. The number of morpholine rings is 1. The van der Waals surface area contributed by atoms with Crippen LogP contribution in [0.2, 0.25) is 0 Å². The molecule has 0 amide bonds. The van der Waals surface area contributed by atoms with Crippen LogP contribution < -0.4 is 10.1 Å². The maximum absolute atomic E-state index is 13.9. The lowest BCUT2D eigenvalue weighted by molar-refractivity contribution is -0.0454. The van der Waals surface area contributed by atoms with E-state index in [2.05, 4.69) is 5.32 Å². The van der Waals surface area contributed by atoms with Gasteiger partial charge in [0.2, 0.25) is 0 Å². The summed E-state index contributed by atoms with van der Waals surface area (Å²) in [5.74, 6) is -4.62. The summed E-state index contributed by atoms with van der Waals surface area (Å²) in [6.07, 6.45) is -1.53. The first-order valence-corrected chi connectivity index (χ1v) is 7.43. The monoisotopic (exact) mass is 341 g/mol. The summed E-state index contributed by atoms with van der Waals surface area (Å²) in [6, 6.07) is 6.56. The average Bonchev–Trinajstić information content (AvgIpc) is 2.55. The molecule has 7 heteroatoms. The van der Waals surface area contributed by atoms with Gasteiger partial charge < -0.3 is 14.8 Å². The molecule has 128 valence electrons. The number of halogens is 4. The molecule has 3 rings (SSSR count). The highest BCUT2D eigenvalue weighted by Crippen LogP contribution is 2.31. The van der Waals surface area contributed by atoms with Crippen LogP contribution in [0.4, 0.5) is 17.6 Å². The molecule has 2 aromatic carbocycles. The zero-order chi connectivity index (χ0) is 17.1. The number of hydrogen-bond acceptors (Lipinski definition) is 3. The van der Waals surface area contributed by atoms with Crippen molar-refractivity contribution in [3.63, 3.8) is 0 Å². The number of rotatable bonds is 4. The summed E-state index contributed by atoms with van der Waals surface area (Å²) in [7, 11) is 0. The van der Waals surface area contributed by atoms with Gasteiger partial charge in [0.1, 0.15) is 17.7 Å². The van der Waals surface area contributed by atoms with Gasteiger partial charge in [0, 0.05) is 25.2 Å². The van der Waals surface area contributed by atoms with Gasteiger partial charge in [-0.25, -0.2) is 17.6 Å². The Morgan fingerprint density at radius 2 is 1.79 bits per heavy atom. The van der Waals surface area contributed by atoms with Crippen LogP contribution in [0.15, 0.2) is 36.4 Å². The minimum atomic E-state index is -1.17. The Balaban J connectivity index is 1.96. The van der Waals surface area contributed by atoms with Crippen molar-refractivity contribution in [2.75, 3.05) is 19.7 Å². The maximum atomic E-state index is 13.9. The Labute approximate surface area is 136 Å². The Morgan fingerprint density at radius 1 is 1.04 bits per heavy atom. The van der Waals surface area contributed by atoms with Gasteiger partial charge >= 0.3 is 0 Å². The van der Waals surface area contributed by atoms with Crippen molar-refractivity contribution in [1.29, 1.82) is 0 Å². The van der Waals surface area contributed by atoms with E-state index >= 15 is 0 Å². The Kier molecular flexibility index (Phi) is 5.01. The van der Waals surface area contributed by atoms with Crippen molar-refractivity contribution in [3.8, 4) is 5.75 Å². The normalized spacial score (nSPS) is 19.1. The van der Waals surface area contributed by atoms with E-state index in [1.165, 1.54) is 18.2 Å². The standard InChI is InChI=1S/C17H15F4NO2/c18-11-3-1-2-10(6-11)16(15-9-22-4-5-23-15)24-17-13(20)7-12(19)8-14(17)21/h1-3,6-8,15-16,22H,4-5,9H2/t15-,16?/m0/s1.